The van der Waals surface area contributed by atoms with Gasteiger partial charge in [-0.05, 0) is 6.07 Å². The maximum Gasteiger partial charge on any atom is 0.246 e. The van der Waals surface area contributed by atoms with Crippen LogP contribution in [-0.4, -0.2) is 18.6 Å². The van der Waals surface area contributed by atoms with Gasteiger partial charge in [-0.1, -0.05) is 0 Å². The first-order valence-electron chi connectivity index (χ1n) is 5.02. The number of hydrogen-bond acceptors (Lipinski definition) is 3. The predicted octanol–water partition coefficient (Wildman–Crippen LogP) is 1.31. The smallest absolute Gasteiger partial charge is 0.246 e. The maximum absolute atomic E-state index is 13.4. The van der Waals surface area contributed by atoms with Gasteiger partial charge in [-0.2, -0.15) is 5.10 Å². The molecule has 0 aliphatic heterocycles. The molecule has 5 nitrogen and oxygen atoms in total. The van der Waals surface area contributed by atoms with E-state index in [4.69, 9.17) is 0 Å². The average Bonchev–Trinajstić information content (AvgIpc) is 2.77. The Morgan fingerprint density at radius 2 is 1.84 bits per heavy atom. The van der Waals surface area contributed by atoms with Crippen molar-refractivity contribution in [3.8, 4) is 0 Å². The molecule has 1 aromatic carbocycles. The van der Waals surface area contributed by atoms with Crippen molar-refractivity contribution in [3.63, 3.8) is 0 Å². The highest BCUT2D eigenvalue weighted by atomic mass is 32.2. The molecule has 0 fully saturated rings. The third-order valence-corrected chi connectivity index (χ3v) is 3.69. The lowest BCUT2D eigenvalue weighted by molar-refractivity contribution is 0.493. The number of aromatic amines is 1. The number of hydrogen-bond donors (Lipinski definition) is 2. The molecule has 1 aromatic heterocycles. The number of sulfonamides is 1. The van der Waals surface area contributed by atoms with Gasteiger partial charge in [-0.3, -0.25) is 5.10 Å². The molecule has 0 amide bonds. The Labute approximate surface area is 106 Å². The van der Waals surface area contributed by atoms with Crippen LogP contribution in [0.1, 0.15) is 5.69 Å². The van der Waals surface area contributed by atoms with Gasteiger partial charge in [0.05, 0.1) is 12.2 Å². The van der Waals surface area contributed by atoms with Gasteiger partial charge in [-0.25, -0.2) is 26.3 Å². The molecule has 0 saturated carbocycles. The van der Waals surface area contributed by atoms with Crippen LogP contribution in [0, 0.1) is 17.5 Å². The minimum absolute atomic E-state index is 0.224. The number of nitrogens with zero attached hydrogens (tertiary/aromatic N) is 1. The summed E-state index contributed by atoms with van der Waals surface area (Å²) in [7, 11) is -4.43. The molecule has 0 spiro atoms. The molecule has 102 valence electrons. The van der Waals surface area contributed by atoms with Gasteiger partial charge in [-0.15, -0.1) is 0 Å². The van der Waals surface area contributed by atoms with Crippen LogP contribution in [0.25, 0.3) is 0 Å². The lowest BCUT2D eigenvalue weighted by atomic mass is 10.3. The number of aromatic nitrogens is 2. The van der Waals surface area contributed by atoms with Crippen molar-refractivity contribution < 1.29 is 21.6 Å². The molecular formula is C10H8F3N3O2S. The second kappa shape index (κ2) is 5.02. The van der Waals surface area contributed by atoms with E-state index in [0.717, 1.165) is 0 Å². The van der Waals surface area contributed by atoms with Gasteiger partial charge in [0.1, 0.15) is 17.5 Å². The standard InChI is InChI=1S/C10H8F3N3O2S/c11-6-3-8(12)10(9(13)4-6)19(17,18)15-5-7-1-2-14-16-7/h1-4,15H,5H2,(H,14,16). The summed E-state index contributed by atoms with van der Waals surface area (Å²) in [5.41, 5.74) is 0.409. The topological polar surface area (TPSA) is 74.8 Å². The molecule has 2 N–H and O–H groups in total. The minimum Gasteiger partial charge on any atom is -0.281 e. The zero-order chi connectivity index (χ0) is 14.0. The quantitative estimate of drug-likeness (QED) is 0.891. The second-order valence-corrected chi connectivity index (χ2v) is 5.31. The molecule has 9 heteroatoms. The fraction of sp³-hybridized carbons (Fsp3) is 0.100. The number of nitrogens with one attached hydrogen (secondary N) is 2. The highest BCUT2D eigenvalue weighted by Gasteiger charge is 2.24. The van der Waals surface area contributed by atoms with Crippen LogP contribution >= 0.6 is 0 Å². The van der Waals surface area contributed by atoms with Crippen LogP contribution in [0.4, 0.5) is 13.2 Å². The molecule has 0 bridgehead atoms. The lowest BCUT2D eigenvalue weighted by Gasteiger charge is -2.07. The number of halogens is 3. The maximum atomic E-state index is 13.4. The molecule has 0 unspecified atom stereocenters. The molecule has 0 atom stereocenters. The summed E-state index contributed by atoms with van der Waals surface area (Å²) in [6.07, 6.45) is 1.39. The van der Waals surface area contributed by atoms with Gasteiger partial charge >= 0.3 is 0 Å². The monoisotopic (exact) mass is 291 g/mol. The lowest BCUT2D eigenvalue weighted by Crippen LogP contribution is -2.25. The van der Waals surface area contributed by atoms with E-state index in [9.17, 15) is 21.6 Å². The van der Waals surface area contributed by atoms with Crippen LogP contribution < -0.4 is 4.72 Å². The van der Waals surface area contributed by atoms with Crippen LogP contribution in [0.2, 0.25) is 0 Å². The van der Waals surface area contributed by atoms with E-state index in [1.807, 2.05) is 4.72 Å². The summed E-state index contributed by atoms with van der Waals surface area (Å²) in [4.78, 5) is -1.21. The Kier molecular flexibility index (Phi) is 3.58. The molecule has 2 rings (SSSR count). The van der Waals surface area contributed by atoms with Crippen LogP contribution in [0.15, 0.2) is 29.3 Å². The molecule has 0 saturated heterocycles. The SMILES string of the molecule is O=S(=O)(NCc1ccn[nH]1)c1c(F)cc(F)cc1F. The Morgan fingerprint density at radius 1 is 1.21 bits per heavy atom. The van der Waals surface area contributed by atoms with E-state index in [-0.39, 0.29) is 6.54 Å². The first-order valence-corrected chi connectivity index (χ1v) is 6.51. The van der Waals surface area contributed by atoms with Gasteiger partial charge in [0.15, 0.2) is 4.90 Å². The fourth-order valence-electron chi connectivity index (χ4n) is 1.41. The van der Waals surface area contributed by atoms with Crippen LogP contribution in [0.3, 0.4) is 0 Å². The highest BCUT2D eigenvalue weighted by Crippen LogP contribution is 2.20. The summed E-state index contributed by atoms with van der Waals surface area (Å²) in [6.45, 7) is -0.224. The molecule has 0 aliphatic rings. The summed E-state index contributed by atoms with van der Waals surface area (Å²) >= 11 is 0. The zero-order valence-corrected chi connectivity index (χ0v) is 10.1. The number of rotatable bonds is 4. The molecule has 1 heterocycles. The Morgan fingerprint density at radius 3 is 2.37 bits per heavy atom. The van der Waals surface area contributed by atoms with Gasteiger partial charge in [0.25, 0.3) is 0 Å². The Balaban J connectivity index is 2.29. The van der Waals surface area contributed by atoms with Crippen LogP contribution in [-0.2, 0) is 16.6 Å². The Bertz CT molecular complexity index is 663. The molecule has 0 radical (unpaired) electrons. The van der Waals surface area contributed by atoms with E-state index >= 15 is 0 Å². The summed E-state index contributed by atoms with van der Waals surface area (Å²) in [5.74, 6) is -4.17. The molecular weight excluding hydrogens is 283 g/mol. The first kappa shape index (κ1) is 13.6. The third kappa shape index (κ3) is 2.93. The fourth-order valence-corrected chi connectivity index (χ4v) is 2.53. The Hall–Kier alpha value is -1.87. The minimum atomic E-state index is -4.43. The molecule has 19 heavy (non-hydrogen) atoms. The van der Waals surface area contributed by atoms with Crippen molar-refractivity contribution in [2.45, 2.75) is 11.4 Å². The van der Waals surface area contributed by atoms with Crippen molar-refractivity contribution >= 4 is 10.0 Å². The largest absolute Gasteiger partial charge is 0.281 e. The molecule has 0 aliphatic carbocycles. The third-order valence-electron chi connectivity index (χ3n) is 2.24. The summed E-state index contributed by atoms with van der Waals surface area (Å²) in [5, 5.41) is 6.06. The zero-order valence-electron chi connectivity index (χ0n) is 9.32. The normalized spacial score (nSPS) is 11.7. The first-order chi connectivity index (χ1) is 8.90. The van der Waals surface area contributed by atoms with E-state index < -0.39 is 32.4 Å². The van der Waals surface area contributed by atoms with Crippen molar-refractivity contribution in [1.82, 2.24) is 14.9 Å². The van der Waals surface area contributed by atoms with E-state index in [0.29, 0.717) is 17.8 Å². The van der Waals surface area contributed by atoms with Crippen LogP contribution in [0.5, 0.6) is 0 Å². The second-order valence-electron chi connectivity index (χ2n) is 3.60. The van der Waals surface area contributed by atoms with E-state index in [1.54, 1.807) is 0 Å². The van der Waals surface area contributed by atoms with E-state index in [2.05, 4.69) is 10.2 Å². The summed E-state index contributed by atoms with van der Waals surface area (Å²) in [6, 6.07) is 2.08. The van der Waals surface area contributed by atoms with E-state index in [1.165, 1.54) is 12.3 Å². The predicted molar refractivity (Wildman–Crippen MR) is 58.9 cm³/mol. The van der Waals surface area contributed by atoms with Crippen molar-refractivity contribution in [1.29, 1.82) is 0 Å². The van der Waals surface area contributed by atoms with Gasteiger partial charge in [0, 0.05) is 18.3 Å². The molecule has 2 aromatic rings. The number of benzene rings is 1. The van der Waals surface area contributed by atoms with Crippen molar-refractivity contribution in [2.24, 2.45) is 0 Å². The van der Waals surface area contributed by atoms with Gasteiger partial charge in [0.2, 0.25) is 10.0 Å². The van der Waals surface area contributed by atoms with Crippen molar-refractivity contribution in [3.05, 3.63) is 47.5 Å². The summed E-state index contributed by atoms with van der Waals surface area (Å²) < 4.78 is 64.8. The highest BCUT2D eigenvalue weighted by molar-refractivity contribution is 7.89. The van der Waals surface area contributed by atoms with Gasteiger partial charge < -0.3 is 0 Å². The van der Waals surface area contributed by atoms with Crippen molar-refractivity contribution in [2.75, 3.05) is 0 Å². The number of H-pyrrole nitrogens is 1. The average molecular weight is 291 g/mol.